The summed E-state index contributed by atoms with van der Waals surface area (Å²) in [6.07, 6.45) is 1.22. The standard InChI is InChI=1S/C20H21F4N5O2/c1-10-14(17(31)27-12-3-4-26-13(5-12)16(25)30)29(28-15(10)18(2,21)22)9-19-6-11(19)7-20(23,24)8-19/h3-5,11H,6-9H2,1-2H3,(H2,25,30)(H,26,27,31)/t11?,19-/m0/s1. The molecular weight excluding hydrogens is 418 g/mol. The van der Waals surface area contributed by atoms with Gasteiger partial charge in [0.2, 0.25) is 5.92 Å². The van der Waals surface area contributed by atoms with Crippen LogP contribution in [0.1, 0.15) is 58.4 Å². The van der Waals surface area contributed by atoms with Crippen LogP contribution in [0.3, 0.4) is 0 Å². The minimum Gasteiger partial charge on any atom is -0.364 e. The van der Waals surface area contributed by atoms with Crippen LogP contribution in [-0.2, 0) is 12.5 Å². The Morgan fingerprint density at radius 2 is 2.06 bits per heavy atom. The second-order valence-electron chi connectivity index (χ2n) is 8.62. The van der Waals surface area contributed by atoms with Crippen LogP contribution < -0.4 is 11.1 Å². The summed E-state index contributed by atoms with van der Waals surface area (Å²) in [7, 11) is 0. The molecule has 1 unspecified atom stereocenters. The van der Waals surface area contributed by atoms with Gasteiger partial charge in [-0.2, -0.15) is 13.9 Å². The van der Waals surface area contributed by atoms with Gasteiger partial charge in [0.25, 0.3) is 17.7 Å². The molecule has 31 heavy (non-hydrogen) atoms. The third kappa shape index (κ3) is 3.88. The average molecular weight is 439 g/mol. The van der Waals surface area contributed by atoms with Crippen molar-refractivity contribution in [2.24, 2.45) is 17.1 Å². The minimum atomic E-state index is -3.32. The van der Waals surface area contributed by atoms with Gasteiger partial charge in [0.1, 0.15) is 17.1 Å². The second-order valence-corrected chi connectivity index (χ2v) is 8.62. The summed E-state index contributed by atoms with van der Waals surface area (Å²) in [4.78, 5) is 28.1. The topological polar surface area (TPSA) is 103 Å². The number of aromatic nitrogens is 3. The van der Waals surface area contributed by atoms with E-state index < -0.39 is 34.8 Å². The first kappa shape index (κ1) is 21.3. The number of halogens is 4. The van der Waals surface area contributed by atoms with Crippen LogP contribution in [0.5, 0.6) is 0 Å². The zero-order chi connectivity index (χ0) is 22.8. The van der Waals surface area contributed by atoms with Crippen LogP contribution in [0, 0.1) is 18.3 Å². The fourth-order valence-electron chi connectivity index (χ4n) is 4.64. The number of primary amides is 1. The van der Waals surface area contributed by atoms with Crippen molar-refractivity contribution in [3.05, 3.63) is 41.0 Å². The zero-order valence-electron chi connectivity index (χ0n) is 16.9. The first-order chi connectivity index (χ1) is 14.3. The molecule has 2 aliphatic rings. The summed E-state index contributed by atoms with van der Waals surface area (Å²) in [5.41, 5.74) is 3.79. The number of hydrogen-bond donors (Lipinski definition) is 2. The summed E-state index contributed by atoms with van der Waals surface area (Å²) >= 11 is 0. The molecule has 7 nitrogen and oxygen atoms in total. The fourth-order valence-corrected chi connectivity index (χ4v) is 4.64. The fraction of sp³-hybridized carbons (Fsp3) is 0.500. The van der Waals surface area contributed by atoms with E-state index in [2.05, 4.69) is 15.4 Å². The van der Waals surface area contributed by atoms with Crippen LogP contribution in [-0.4, -0.2) is 32.5 Å². The van der Waals surface area contributed by atoms with Crippen LogP contribution in [0.25, 0.3) is 0 Å². The van der Waals surface area contributed by atoms with E-state index in [1.165, 1.54) is 25.3 Å². The molecule has 0 aliphatic heterocycles. The van der Waals surface area contributed by atoms with E-state index in [0.717, 1.165) is 4.68 Å². The Balaban J connectivity index is 1.68. The van der Waals surface area contributed by atoms with Crippen LogP contribution in [0.4, 0.5) is 23.2 Å². The van der Waals surface area contributed by atoms with Crippen LogP contribution in [0.2, 0.25) is 0 Å². The molecule has 0 radical (unpaired) electrons. The summed E-state index contributed by atoms with van der Waals surface area (Å²) in [6, 6.07) is 2.65. The number of nitrogens with one attached hydrogen (secondary N) is 1. The van der Waals surface area contributed by atoms with Gasteiger partial charge in [0.15, 0.2) is 0 Å². The van der Waals surface area contributed by atoms with Gasteiger partial charge < -0.3 is 11.1 Å². The highest BCUT2D eigenvalue weighted by Gasteiger charge is 2.67. The van der Waals surface area contributed by atoms with Crippen molar-refractivity contribution in [3.63, 3.8) is 0 Å². The van der Waals surface area contributed by atoms with Crippen LogP contribution >= 0.6 is 0 Å². The van der Waals surface area contributed by atoms with E-state index in [0.29, 0.717) is 13.3 Å². The van der Waals surface area contributed by atoms with E-state index >= 15 is 0 Å². The number of hydrogen-bond acceptors (Lipinski definition) is 4. The van der Waals surface area contributed by atoms with E-state index in [4.69, 9.17) is 5.73 Å². The smallest absolute Gasteiger partial charge is 0.289 e. The van der Waals surface area contributed by atoms with E-state index in [-0.39, 0.29) is 47.9 Å². The van der Waals surface area contributed by atoms with Crippen molar-refractivity contribution < 1.29 is 27.2 Å². The quantitative estimate of drug-likeness (QED) is 0.673. The van der Waals surface area contributed by atoms with Gasteiger partial charge in [-0.3, -0.25) is 19.3 Å². The molecule has 0 bridgehead atoms. The van der Waals surface area contributed by atoms with Gasteiger partial charge in [0.05, 0.1) is 0 Å². The normalized spacial score (nSPS) is 24.0. The van der Waals surface area contributed by atoms with Gasteiger partial charge in [-0.05, 0) is 36.8 Å². The molecule has 2 amide bonds. The Hall–Kier alpha value is -2.98. The number of fused-ring (bicyclic) bond motifs is 1. The number of rotatable bonds is 6. The Morgan fingerprint density at radius 1 is 1.35 bits per heavy atom. The van der Waals surface area contributed by atoms with Crippen molar-refractivity contribution in [2.75, 3.05) is 5.32 Å². The first-order valence-electron chi connectivity index (χ1n) is 9.72. The van der Waals surface area contributed by atoms with E-state index in [1.54, 1.807) is 0 Å². The predicted molar refractivity (Wildman–Crippen MR) is 102 cm³/mol. The lowest BCUT2D eigenvalue weighted by Gasteiger charge is -2.17. The molecule has 2 saturated carbocycles. The summed E-state index contributed by atoms with van der Waals surface area (Å²) in [5, 5.41) is 6.47. The van der Waals surface area contributed by atoms with Crippen LogP contribution in [0.15, 0.2) is 18.3 Å². The molecule has 2 aliphatic carbocycles. The van der Waals surface area contributed by atoms with E-state index in [9.17, 15) is 27.2 Å². The number of nitrogens with two attached hydrogens (primary N) is 1. The van der Waals surface area contributed by atoms with Gasteiger partial charge in [-0.1, -0.05) is 0 Å². The molecule has 166 valence electrons. The molecule has 2 heterocycles. The molecule has 2 fully saturated rings. The Kier molecular flexibility index (Phi) is 4.64. The highest BCUT2D eigenvalue weighted by Crippen LogP contribution is 2.68. The maximum atomic E-state index is 14.1. The van der Waals surface area contributed by atoms with Crippen molar-refractivity contribution in [1.29, 1.82) is 0 Å². The highest BCUT2D eigenvalue weighted by atomic mass is 19.3. The molecule has 0 saturated heterocycles. The lowest BCUT2D eigenvalue weighted by molar-refractivity contribution is -0.0120. The highest BCUT2D eigenvalue weighted by molar-refractivity contribution is 6.04. The van der Waals surface area contributed by atoms with Crippen molar-refractivity contribution in [1.82, 2.24) is 14.8 Å². The first-order valence-corrected chi connectivity index (χ1v) is 9.72. The van der Waals surface area contributed by atoms with Gasteiger partial charge in [-0.25, -0.2) is 8.78 Å². The molecule has 4 rings (SSSR count). The summed E-state index contributed by atoms with van der Waals surface area (Å²) < 4.78 is 57.0. The number of carbonyl (C=O) groups is 2. The molecule has 2 atom stereocenters. The molecular formula is C20H21F4N5O2. The van der Waals surface area contributed by atoms with Crippen molar-refractivity contribution in [2.45, 2.75) is 51.5 Å². The molecule has 11 heteroatoms. The predicted octanol–water partition coefficient (Wildman–Crippen LogP) is 3.48. The van der Waals surface area contributed by atoms with E-state index in [1.807, 2.05) is 0 Å². The third-order valence-electron chi connectivity index (χ3n) is 6.07. The zero-order valence-corrected chi connectivity index (χ0v) is 16.9. The number of alkyl halides is 4. The minimum absolute atomic E-state index is 0.0347. The SMILES string of the molecule is Cc1c(C(C)(F)F)nn(C[C@@]23CC2CC(F)(F)C3)c1C(=O)Nc1ccnc(C(N)=O)c1. The molecule has 2 aromatic rings. The summed E-state index contributed by atoms with van der Waals surface area (Å²) in [5.74, 6) is -7.88. The maximum absolute atomic E-state index is 14.1. The van der Waals surface area contributed by atoms with Gasteiger partial charge in [0, 0.05) is 43.8 Å². The van der Waals surface area contributed by atoms with Gasteiger partial charge in [-0.15, -0.1) is 0 Å². The molecule has 2 aromatic heterocycles. The van der Waals surface area contributed by atoms with Crippen molar-refractivity contribution in [3.8, 4) is 0 Å². The number of nitrogens with zero attached hydrogens (tertiary/aromatic N) is 3. The second kappa shape index (κ2) is 6.76. The third-order valence-corrected chi connectivity index (χ3v) is 6.07. The number of pyridine rings is 1. The maximum Gasteiger partial charge on any atom is 0.289 e. The van der Waals surface area contributed by atoms with Crippen molar-refractivity contribution >= 4 is 17.5 Å². The number of amides is 2. The van der Waals surface area contributed by atoms with Gasteiger partial charge >= 0.3 is 0 Å². The average Bonchev–Trinajstić information content (AvgIpc) is 3.01. The number of anilines is 1. The largest absolute Gasteiger partial charge is 0.364 e. The molecule has 0 aromatic carbocycles. The summed E-state index contributed by atoms with van der Waals surface area (Å²) in [6.45, 7) is 1.96. The lowest BCUT2D eigenvalue weighted by Crippen LogP contribution is -2.24. The molecule has 3 N–H and O–H groups in total. The Labute approximate surface area is 175 Å². The monoisotopic (exact) mass is 439 g/mol. The molecule has 0 spiro atoms. The lowest BCUT2D eigenvalue weighted by atomic mass is 10.0. The number of carbonyl (C=O) groups excluding carboxylic acids is 2. The Bertz CT molecular complexity index is 1080. The Morgan fingerprint density at radius 3 is 2.65 bits per heavy atom.